The number of benzene rings is 2. The summed E-state index contributed by atoms with van der Waals surface area (Å²) >= 11 is 0. The van der Waals surface area contributed by atoms with Gasteiger partial charge in [-0.2, -0.15) is 0 Å². The number of rotatable bonds is 7. The van der Waals surface area contributed by atoms with Crippen molar-refractivity contribution in [2.45, 2.75) is 20.0 Å². The van der Waals surface area contributed by atoms with Crippen LogP contribution in [0.4, 0.5) is 0 Å². The van der Waals surface area contributed by atoms with E-state index >= 15 is 0 Å². The molecule has 0 unspecified atom stereocenters. The van der Waals surface area contributed by atoms with E-state index in [1.54, 1.807) is 0 Å². The third-order valence-electron chi connectivity index (χ3n) is 3.21. The Labute approximate surface area is 130 Å². The van der Waals surface area contributed by atoms with Gasteiger partial charge in [-0.15, -0.1) is 0 Å². The molecular weight excluding hydrogens is 278 g/mol. The van der Waals surface area contributed by atoms with Gasteiger partial charge in [0.2, 0.25) is 5.91 Å². The van der Waals surface area contributed by atoms with E-state index < -0.39 is 0 Å². The Kier molecular flexibility index (Phi) is 5.98. The van der Waals surface area contributed by atoms with Gasteiger partial charge in [-0.3, -0.25) is 4.79 Å². The highest BCUT2D eigenvalue weighted by Gasteiger charge is 2.03. The van der Waals surface area contributed by atoms with Crippen molar-refractivity contribution >= 4 is 5.91 Å². The molecule has 2 aromatic carbocycles. The van der Waals surface area contributed by atoms with E-state index in [0.717, 1.165) is 16.9 Å². The van der Waals surface area contributed by atoms with Crippen LogP contribution in [0.15, 0.2) is 48.5 Å². The van der Waals surface area contributed by atoms with Crippen LogP contribution < -0.4 is 10.1 Å². The topological polar surface area (TPSA) is 58.6 Å². The number of ether oxygens (including phenoxy) is 1. The van der Waals surface area contributed by atoms with Crippen LogP contribution in [0.3, 0.4) is 0 Å². The Morgan fingerprint density at radius 1 is 1.14 bits per heavy atom. The van der Waals surface area contributed by atoms with Gasteiger partial charge in [0.25, 0.3) is 0 Å². The second-order valence-corrected chi connectivity index (χ2v) is 5.17. The number of carbonyl (C=O) groups excluding carboxylic acids is 1. The summed E-state index contributed by atoms with van der Waals surface area (Å²) in [5, 5.41) is 11.3. The van der Waals surface area contributed by atoms with E-state index in [9.17, 15) is 4.79 Å². The number of hydrogen-bond donors (Lipinski definition) is 2. The van der Waals surface area contributed by atoms with Crippen molar-refractivity contribution in [1.82, 2.24) is 5.32 Å². The molecule has 0 spiro atoms. The maximum atomic E-state index is 11.5. The number of carbonyl (C=O) groups is 1. The average Bonchev–Trinajstić information content (AvgIpc) is 2.52. The highest BCUT2D eigenvalue weighted by molar-refractivity contribution is 5.78. The summed E-state index contributed by atoms with van der Waals surface area (Å²) in [5.41, 5.74) is 3.26. The predicted molar refractivity (Wildman–Crippen MR) is 85.8 cm³/mol. The van der Waals surface area contributed by atoms with Gasteiger partial charge in [-0.05, 0) is 30.2 Å². The van der Waals surface area contributed by atoms with E-state index in [1.165, 1.54) is 5.56 Å². The van der Waals surface area contributed by atoms with E-state index in [1.807, 2.05) is 36.4 Å². The zero-order valence-corrected chi connectivity index (χ0v) is 12.7. The maximum absolute atomic E-state index is 11.5. The van der Waals surface area contributed by atoms with Gasteiger partial charge in [-0.1, -0.05) is 42.0 Å². The number of aliphatic hydroxyl groups excluding tert-OH is 1. The minimum Gasteiger partial charge on any atom is -0.489 e. The lowest BCUT2D eigenvalue weighted by atomic mass is 10.1. The molecule has 4 nitrogen and oxygen atoms in total. The first-order chi connectivity index (χ1) is 10.7. The minimum atomic E-state index is -0.0949. The molecule has 0 saturated carbocycles. The normalized spacial score (nSPS) is 10.3. The quantitative estimate of drug-likeness (QED) is 0.824. The van der Waals surface area contributed by atoms with Gasteiger partial charge in [0.1, 0.15) is 12.4 Å². The molecule has 2 rings (SSSR count). The predicted octanol–water partition coefficient (Wildman–Crippen LogP) is 2.23. The lowest BCUT2D eigenvalue weighted by molar-refractivity contribution is -0.120. The molecule has 0 saturated heterocycles. The van der Waals surface area contributed by atoms with Gasteiger partial charge >= 0.3 is 0 Å². The number of aryl methyl sites for hydroxylation is 1. The van der Waals surface area contributed by atoms with Crippen molar-refractivity contribution in [3.63, 3.8) is 0 Å². The summed E-state index contributed by atoms with van der Waals surface area (Å²) in [6.45, 7) is 2.83. The van der Waals surface area contributed by atoms with E-state index in [-0.39, 0.29) is 19.1 Å². The summed E-state index contributed by atoms with van der Waals surface area (Å²) < 4.78 is 5.74. The average molecular weight is 299 g/mol. The fourth-order valence-corrected chi connectivity index (χ4v) is 2.12. The first-order valence-electron chi connectivity index (χ1n) is 7.32. The molecule has 2 N–H and O–H groups in total. The molecule has 22 heavy (non-hydrogen) atoms. The van der Waals surface area contributed by atoms with Crippen LogP contribution in [0.5, 0.6) is 5.75 Å². The van der Waals surface area contributed by atoms with Gasteiger partial charge in [0.05, 0.1) is 13.0 Å². The SMILES string of the molecule is Cc1cccc(COc2ccc(CC(=O)NCCO)cc2)c1. The van der Waals surface area contributed by atoms with Crippen molar-refractivity contribution in [3.8, 4) is 5.75 Å². The third kappa shape index (κ3) is 5.22. The number of nitrogens with one attached hydrogen (secondary N) is 1. The van der Waals surface area contributed by atoms with Crippen LogP contribution >= 0.6 is 0 Å². The van der Waals surface area contributed by atoms with Crippen LogP contribution in [0.1, 0.15) is 16.7 Å². The lowest BCUT2D eigenvalue weighted by Gasteiger charge is -2.08. The molecule has 0 heterocycles. The summed E-state index contributed by atoms with van der Waals surface area (Å²) in [5.74, 6) is 0.684. The van der Waals surface area contributed by atoms with E-state index in [2.05, 4.69) is 24.4 Å². The molecule has 4 heteroatoms. The second-order valence-electron chi connectivity index (χ2n) is 5.17. The fraction of sp³-hybridized carbons (Fsp3) is 0.278. The highest BCUT2D eigenvalue weighted by Crippen LogP contribution is 2.15. The zero-order chi connectivity index (χ0) is 15.8. The van der Waals surface area contributed by atoms with Gasteiger partial charge in [0.15, 0.2) is 0 Å². The van der Waals surface area contributed by atoms with E-state index in [0.29, 0.717) is 13.0 Å². The Morgan fingerprint density at radius 3 is 2.59 bits per heavy atom. The first-order valence-corrected chi connectivity index (χ1v) is 7.32. The smallest absolute Gasteiger partial charge is 0.224 e. The van der Waals surface area contributed by atoms with Crippen molar-refractivity contribution < 1.29 is 14.6 Å². The van der Waals surface area contributed by atoms with Gasteiger partial charge in [-0.25, -0.2) is 0 Å². The van der Waals surface area contributed by atoms with Crippen molar-refractivity contribution in [2.75, 3.05) is 13.2 Å². The highest BCUT2D eigenvalue weighted by atomic mass is 16.5. The molecule has 0 radical (unpaired) electrons. The fourth-order valence-electron chi connectivity index (χ4n) is 2.12. The lowest BCUT2D eigenvalue weighted by Crippen LogP contribution is -2.27. The van der Waals surface area contributed by atoms with Gasteiger partial charge in [0, 0.05) is 6.54 Å². The Morgan fingerprint density at radius 2 is 1.91 bits per heavy atom. The molecule has 1 amide bonds. The van der Waals surface area contributed by atoms with E-state index in [4.69, 9.17) is 9.84 Å². The van der Waals surface area contributed by atoms with Crippen LogP contribution in [-0.2, 0) is 17.8 Å². The van der Waals surface area contributed by atoms with Crippen LogP contribution in [0, 0.1) is 6.92 Å². The largest absolute Gasteiger partial charge is 0.489 e. The number of amides is 1. The standard InChI is InChI=1S/C18H21NO3/c1-14-3-2-4-16(11-14)13-22-17-7-5-15(6-8-17)12-18(21)19-9-10-20/h2-8,11,20H,9-10,12-13H2,1H3,(H,19,21). The first kappa shape index (κ1) is 16.0. The molecule has 2 aromatic rings. The maximum Gasteiger partial charge on any atom is 0.224 e. The van der Waals surface area contributed by atoms with Crippen molar-refractivity contribution in [3.05, 3.63) is 65.2 Å². The van der Waals surface area contributed by atoms with Crippen LogP contribution in [-0.4, -0.2) is 24.2 Å². The Bertz CT molecular complexity index is 608. The monoisotopic (exact) mass is 299 g/mol. The third-order valence-corrected chi connectivity index (χ3v) is 3.21. The number of hydrogen-bond acceptors (Lipinski definition) is 3. The second kappa shape index (κ2) is 8.20. The summed E-state index contributed by atoms with van der Waals surface area (Å²) in [6.07, 6.45) is 0.304. The molecule has 0 aliphatic heterocycles. The summed E-state index contributed by atoms with van der Waals surface area (Å²) in [6, 6.07) is 15.7. The molecule has 0 fully saturated rings. The summed E-state index contributed by atoms with van der Waals surface area (Å²) in [7, 11) is 0. The van der Waals surface area contributed by atoms with Crippen molar-refractivity contribution in [2.24, 2.45) is 0 Å². The molecule has 0 aliphatic rings. The zero-order valence-electron chi connectivity index (χ0n) is 12.7. The van der Waals surface area contributed by atoms with Crippen LogP contribution in [0.25, 0.3) is 0 Å². The molecule has 0 aliphatic carbocycles. The Hall–Kier alpha value is -2.33. The molecule has 0 bridgehead atoms. The minimum absolute atomic E-state index is 0.0442. The molecule has 0 aromatic heterocycles. The summed E-state index contributed by atoms with van der Waals surface area (Å²) in [4.78, 5) is 11.5. The molecule has 116 valence electrons. The number of aliphatic hydroxyl groups is 1. The van der Waals surface area contributed by atoms with Crippen LogP contribution in [0.2, 0.25) is 0 Å². The molecule has 0 atom stereocenters. The van der Waals surface area contributed by atoms with Crippen molar-refractivity contribution in [1.29, 1.82) is 0 Å². The molecular formula is C18H21NO3. The Balaban J connectivity index is 1.85. The van der Waals surface area contributed by atoms with Gasteiger partial charge < -0.3 is 15.2 Å².